The Morgan fingerprint density at radius 1 is 1.27 bits per heavy atom. The lowest BCUT2D eigenvalue weighted by Crippen LogP contribution is -2.36. The van der Waals surface area contributed by atoms with E-state index in [0.29, 0.717) is 11.0 Å². The van der Waals surface area contributed by atoms with E-state index in [2.05, 4.69) is 5.32 Å². The summed E-state index contributed by atoms with van der Waals surface area (Å²) in [6, 6.07) is 7.96. The van der Waals surface area contributed by atoms with Crippen LogP contribution in [0.25, 0.3) is 11.0 Å². The fraction of sp³-hybridized carbons (Fsp3) is 0.412. The Balaban J connectivity index is 2.12. The fourth-order valence-electron chi connectivity index (χ4n) is 2.50. The molecule has 1 atom stereocenters. The van der Waals surface area contributed by atoms with Crippen LogP contribution >= 0.6 is 0 Å². The number of hydrogen-bond donors (Lipinski definition) is 2. The van der Waals surface area contributed by atoms with Gasteiger partial charge in [-0.2, -0.15) is 0 Å². The Kier molecular flexibility index (Phi) is 5.33. The number of nitrogens with one attached hydrogen (secondary N) is 1. The van der Waals surface area contributed by atoms with Gasteiger partial charge >= 0.3 is 0 Å². The summed E-state index contributed by atoms with van der Waals surface area (Å²) in [6.45, 7) is 4.14. The fourth-order valence-corrected chi connectivity index (χ4v) is 2.50. The second-order valence-electron chi connectivity index (χ2n) is 5.33. The Morgan fingerprint density at radius 3 is 2.64 bits per heavy atom. The molecule has 0 aliphatic rings. The Labute approximate surface area is 129 Å². The van der Waals surface area contributed by atoms with Crippen molar-refractivity contribution in [1.82, 2.24) is 5.32 Å². The largest absolute Gasteiger partial charge is 0.451 e. The van der Waals surface area contributed by atoms with Gasteiger partial charge in [0, 0.05) is 12.6 Å². The first kappa shape index (κ1) is 16.2. The quantitative estimate of drug-likeness (QED) is 0.858. The zero-order valence-corrected chi connectivity index (χ0v) is 12.8. The van der Waals surface area contributed by atoms with Crippen LogP contribution in [0.2, 0.25) is 0 Å². The van der Waals surface area contributed by atoms with Crippen molar-refractivity contribution in [3.8, 4) is 0 Å². The van der Waals surface area contributed by atoms with Crippen molar-refractivity contribution in [1.29, 1.82) is 0 Å². The molecule has 1 aromatic heterocycles. The number of fused-ring (bicyclic) bond motifs is 1. The van der Waals surface area contributed by atoms with Gasteiger partial charge in [0.05, 0.1) is 11.5 Å². The van der Waals surface area contributed by atoms with E-state index in [1.807, 2.05) is 13.8 Å². The molecule has 0 bridgehead atoms. The molecule has 0 spiro atoms. The summed E-state index contributed by atoms with van der Waals surface area (Å²) in [6.07, 6.45) is 1.09. The van der Waals surface area contributed by atoms with Gasteiger partial charge in [0.1, 0.15) is 5.58 Å². The van der Waals surface area contributed by atoms with Crippen LogP contribution in [-0.4, -0.2) is 23.7 Å². The molecule has 1 heterocycles. The molecular weight excluding hydrogens is 282 g/mol. The minimum atomic E-state index is -0.605. The van der Waals surface area contributed by atoms with Crippen molar-refractivity contribution in [3.63, 3.8) is 0 Å². The van der Waals surface area contributed by atoms with Gasteiger partial charge in [-0.25, -0.2) is 0 Å². The third-order valence-electron chi connectivity index (χ3n) is 3.92. The normalized spacial score (nSPS) is 12.5. The molecule has 5 heteroatoms. The van der Waals surface area contributed by atoms with Crippen molar-refractivity contribution in [2.45, 2.75) is 32.8 Å². The number of aliphatic hydroxyl groups is 1. The number of amides is 1. The zero-order chi connectivity index (χ0) is 16.1. The summed E-state index contributed by atoms with van der Waals surface area (Å²) < 4.78 is 5.46. The molecule has 0 aliphatic heterocycles. The summed E-state index contributed by atoms with van der Waals surface area (Å²) in [5, 5.41) is 13.1. The van der Waals surface area contributed by atoms with E-state index in [4.69, 9.17) is 4.42 Å². The van der Waals surface area contributed by atoms with Gasteiger partial charge in [-0.3, -0.25) is 9.59 Å². The molecule has 2 rings (SSSR count). The molecule has 1 unspecified atom stereocenters. The lowest BCUT2D eigenvalue weighted by Gasteiger charge is -2.20. The Hall–Kier alpha value is -2.14. The second kappa shape index (κ2) is 7.22. The molecule has 0 saturated carbocycles. The minimum Gasteiger partial charge on any atom is -0.451 e. The van der Waals surface area contributed by atoms with Crippen LogP contribution in [0.15, 0.2) is 39.5 Å². The molecule has 0 radical (unpaired) electrons. The topological polar surface area (TPSA) is 79.5 Å². The first-order valence-electron chi connectivity index (χ1n) is 7.56. The summed E-state index contributed by atoms with van der Waals surface area (Å²) in [7, 11) is 0. The number of hydrogen-bond acceptors (Lipinski definition) is 4. The van der Waals surface area contributed by atoms with E-state index >= 15 is 0 Å². The Morgan fingerprint density at radius 2 is 1.95 bits per heavy atom. The molecule has 1 aromatic carbocycles. The smallest absolute Gasteiger partial charge is 0.287 e. The average molecular weight is 303 g/mol. The van der Waals surface area contributed by atoms with Crippen LogP contribution in [0.4, 0.5) is 0 Å². The zero-order valence-electron chi connectivity index (χ0n) is 12.8. The maximum Gasteiger partial charge on any atom is 0.287 e. The highest BCUT2D eigenvalue weighted by atomic mass is 16.3. The van der Waals surface area contributed by atoms with Crippen molar-refractivity contribution in [3.05, 3.63) is 46.3 Å². The minimum absolute atomic E-state index is 0.0413. The first-order chi connectivity index (χ1) is 10.6. The lowest BCUT2D eigenvalue weighted by molar-refractivity contribution is 0.0797. The number of carbonyl (C=O) groups is 1. The summed E-state index contributed by atoms with van der Waals surface area (Å²) >= 11 is 0. The molecule has 2 aromatic rings. The van der Waals surface area contributed by atoms with Gasteiger partial charge < -0.3 is 14.8 Å². The highest BCUT2D eigenvalue weighted by Gasteiger charge is 2.18. The van der Waals surface area contributed by atoms with Gasteiger partial charge in [-0.15, -0.1) is 0 Å². The second-order valence-corrected chi connectivity index (χ2v) is 5.33. The monoisotopic (exact) mass is 303 g/mol. The lowest BCUT2D eigenvalue weighted by atomic mass is 9.96. The van der Waals surface area contributed by atoms with Gasteiger partial charge in [-0.05, 0) is 18.1 Å². The van der Waals surface area contributed by atoms with Gasteiger partial charge in [0.2, 0.25) is 0 Å². The van der Waals surface area contributed by atoms with Crippen LogP contribution in [0, 0.1) is 5.92 Å². The van der Waals surface area contributed by atoms with E-state index in [0.717, 1.165) is 12.8 Å². The van der Waals surface area contributed by atoms with Gasteiger partial charge in [-0.1, -0.05) is 38.8 Å². The van der Waals surface area contributed by atoms with E-state index in [1.165, 1.54) is 6.07 Å². The first-order valence-corrected chi connectivity index (χ1v) is 7.56. The number of benzene rings is 1. The standard InChI is InChI=1S/C17H21NO4/c1-3-11(4-2)14(20)10-18-17(21)16-9-13(19)12-7-5-6-8-15(12)22-16/h5-9,11,14,20H,3-4,10H2,1-2H3,(H,18,21). The predicted molar refractivity (Wildman–Crippen MR) is 84.9 cm³/mol. The van der Waals surface area contributed by atoms with Gasteiger partial charge in [0.15, 0.2) is 11.2 Å². The molecule has 1 amide bonds. The molecule has 2 N–H and O–H groups in total. The summed E-state index contributed by atoms with van der Waals surface area (Å²) in [5.74, 6) is -0.391. The molecular formula is C17H21NO4. The predicted octanol–water partition coefficient (Wildman–Crippen LogP) is 2.32. The van der Waals surface area contributed by atoms with E-state index < -0.39 is 12.0 Å². The van der Waals surface area contributed by atoms with Crippen LogP contribution in [0.3, 0.4) is 0 Å². The SMILES string of the molecule is CCC(CC)C(O)CNC(=O)c1cc(=O)c2ccccc2o1. The molecule has 0 saturated heterocycles. The highest BCUT2D eigenvalue weighted by Crippen LogP contribution is 2.13. The number of aliphatic hydroxyl groups excluding tert-OH is 1. The summed E-state index contributed by atoms with van der Waals surface area (Å²) in [5.41, 5.74) is 0.119. The molecule has 5 nitrogen and oxygen atoms in total. The molecule has 0 aliphatic carbocycles. The number of para-hydroxylation sites is 1. The van der Waals surface area contributed by atoms with E-state index in [9.17, 15) is 14.7 Å². The Bertz CT molecular complexity index is 703. The van der Waals surface area contributed by atoms with Crippen molar-refractivity contribution >= 4 is 16.9 Å². The van der Waals surface area contributed by atoms with Crippen molar-refractivity contribution in [2.75, 3.05) is 6.54 Å². The van der Waals surface area contributed by atoms with Crippen LogP contribution in [0.5, 0.6) is 0 Å². The van der Waals surface area contributed by atoms with Crippen LogP contribution in [-0.2, 0) is 0 Å². The van der Waals surface area contributed by atoms with Crippen LogP contribution < -0.4 is 10.7 Å². The maximum absolute atomic E-state index is 12.1. The number of carbonyl (C=O) groups excluding carboxylic acids is 1. The highest BCUT2D eigenvalue weighted by molar-refractivity contribution is 5.93. The third kappa shape index (κ3) is 3.54. The average Bonchev–Trinajstić information content (AvgIpc) is 2.53. The third-order valence-corrected chi connectivity index (χ3v) is 3.92. The number of rotatable bonds is 6. The molecule has 0 fully saturated rings. The molecule has 22 heavy (non-hydrogen) atoms. The molecule has 118 valence electrons. The van der Waals surface area contributed by atoms with E-state index in [-0.39, 0.29) is 23.7 Å². The van der Waals surface area contributed by atoms with Crippen molar-refractivity contribution < 1.29 is 14.3 Å². The van der Waals surface area contributed by atoms with Crippen LogP contribution in [0.1, 0.15) is 37.2 Å². The van der Waals surface area contributed by atoms with E-state index in [1.54, 1.807) is 24.3 Å². The van der Waals surface area contributed by atoms with Crippen molar-refractivity contribution in [2.24, 2.45) is 5.92 Å². The van der Waals surface area contributed by atoms with Gasteiger partial charge in [0.25, 0.3) is 5.91 Å². The summed E-state index contributed by atoms with van der Waals surface area (Å²) in [4.78, 5) is 24.0. The maximum atomic E-state index is 12.1.